The number of aryl methyl sites for hydroxylation is 1. The van der Waals surface area contributed by atoms with Crippen LogP contribution in [0, 0.1) is 6.92 Å². The minimum Gasteiger partial charge on any atom is -0.355 e. The highest BCUT2D eigenvalue weighted by molar-refractivity contribution is 5.69. The predicted octanol–water partition coefficient (Wildman–Crippen LogP) is 2.47. The first-order valence-corrected chi connectivity index (χ1v) is 9.40. The Labute approximate surface area is 152 Å². The van der Waals surface area contributed by atoms with E-state index >= 15 is 0 Å². The number of anilines is 2. The van der Waals surface area contributed by atoms with Crippen molar-refractivity contribution in [2.24, 2.45) is 0 Å². The van der Waals surface area contributed by atoms with E-state index in [2.05, 4.69) is 35.9 Å². The average Bonchev–Trinajstić information content (AvgIpc) is 3.42. The van der Waals surface area contributed by atoms with Crippen LogP contribution in [0.2, 0.25) is 0 Å². The SMILES string of the molecule is Cc1cc2c(N3CCC(N(c4ccncn4)C4CC4)CC3)nccn2n1. The van der Waals surface area contributed by atoms with E-state index in [1.165, 1.54) is 12.8 Å². The molecule has 0 radical (unpaired) electrons. The number of aromatic nitrogens is 5. The Balaban J connectivity index is 1.35. The van der Waals surface area contributed by atoms with E-state index in [0.29, 0.717) is 12.1 Å². The summed E-state index contributed by atoms with van der Waals surface area (Å²) in [6.07, 6.45) is 12.1. The van der Waals surface area contributed by atoms with Crippen LogP contribution in [0.25, 0.3) is 5.52 Å². The maximum atomic E-state index is 4.65. The second kappa shape index (κ2) is 6.23. The lowest BCUT2D eigenvalue weighted by molar-refractivity contribution is 0.457. The van der Waals surface area contributed by atoms with Crippen molar-refractivity contribution >= 4 is 17.2 Å². The lowest BCUT2D eigenvalue weighted by Crippen LogP contribution is -2.46. The molecular formula is C19H23N7. The second-order valence-corrected chi connectivity index (χ2v) is 7.29. The van der Waals surface area contributed by atoms with Crippen molar-refractivity contribution in [2.75, 3.05) is 22.9 Å². The lowest BCUT2D eigenvalue weighted by Gasteiger charge is -2.39. The van der Waals surface area contributed by atoms with Gasteiger partial charge in [-0.25, -0.2) is 19.5 Å². The fourth-order valence-electron chi connectivity index (χ4n) is 4.09. The van der Waals surface area contributed by atoms with Gasteiger partial charge in [0, 0.05) is 43.8 Å². The molecule has 3 aromatic heterocycles. The summed E-state index contributed by atoms with van der Waals surface area (Å²) in [4.78, 5) is 18.2. The zero-order chi connectivity index (χ0) is 17.5. The maximum absolute atomic E-state index is 4.65. The molecule has 1 aliphatic heterocycles. The summed E-state index contributed by atoms with van der Waals surface area (Å²) >= 11 is 0. The Morgan fingerprint density at radius 1 is 1.04 bits per heavy atom. The monoisotopic (exact) mass is 349 g/mol. The number of hydrogen-bond donors (Lipinski definition) is 0. The third kappa shape index (κ3) is 2.77. The highest BCUT2D eigenvalue weighted by Gasteiger charge is 2.36. The minimum atomic E-state index is 0.542. The zero-order valence-corrected chi connectivity index (χ0v) is 15.0. The third-order valence-electron chi connectivity index (χ3n) is 5.42. The lowest BCUT2D eigenvalue weighted by atomic mass is 10.0. The van der Waals surface area contributed by atoms with Gasteiger partial charge in [-0.2, -0.15) is 5.10 Å². The molecule has 7 heteroatoms. The number of fused-ring (bicyclic) bond motifs is 1. The van der Waals surface area contributed by atoms with Crippen LogP contribution in [0.15, 0.2) is 37.1 Å². The van der Waals surface area contributed by atoms with Crippen LogP contribution >= 0.6 is 0 Å². The molecule has 1 saturated carbocycles. The van der Waals surface area contributed by atoms with Gasteiger partial charge in [-0.15, -0.1) is 0 Å². The number of hydrogen-bond acceptors (Lipinski definition) is 6. The van der Waals surface area contributed by atoms with Crippen LogP contribution in [0.5, 0.6) is 0 Å². The van der Waals surface area contributed by atoms with Crippen LogP contribution in [0.3, 0.4) is 0 Å². The van der Waals surface area contributed by atoms with E-state index in [1.807, 2.05) is 36.1 Å². The Kier molecular flexibility index (Phi) is 3.72. The van der Waals surface area contributed by atoms with Crippen molar-refractivity contribution in [2.45, 2.75) is 44.7 Å². The predicted molar refractivity (Wildman–Crippen MR) is 100 cm³/mol. The Morgan fingerprint density at radius 2 is 1.85 bits per heavy atom. The first-order valence-electron chi connectivity index (χ1n) is 9.40. The molecule has 0 spiro atoms. The van der Waals surface area contributed by atoms with Gasteiger partial charge < -0.3 is 9.80 Å². The molecule has 1 saturated heterocycles. The molecule has 0 amide bonds. The molecule has 26 heavy (non-hydrogen) atoms. The van der Waals surface area contributed by atoms with Crippen LogP contribution in [-0.4, -0.2) is 49.7 Å². The van der Waals surface area contributed by atoms with Crippen molar-refractivity contribution in [3.05, 3.63) is 42.7 Å². The van der Waals surface area contributed by atoms with Crippen molar-refractivity contribution in [3.8, 4) is 0 Å². The molecule has 0 N–H and O–H groups in total. The average molecular weight is 349 g/mol. The summed E-state index contributed by atoms with van der Waals surface area (Å²) < 4.78 is 1.93. The molecular weight excluding hydrogens is 326 g/mol. The zero-order valence-electron chi connectivity index (χ0n) is 15.0. The van der Waals surface area contributed by atoms with E-state index in [0.717, 1.165) is 48.8 Å². The Hall–Kier alpha value is -2.70. The van der Waals surface area contributed by atoms with Crippen LogP contribution < -0.4 is 9.80 Å². The topological polar surface area (TPSA) is 62.5 Å². The van der Waals surface area contributed by atoms with Gasteiger partial charge in [0.2, 0.25) is 0 Å². The summed E-state index contributed by atoms with van der Waals surface area (Å²) in [6, 6.07) is 5.36. The fourth-order valence-corrected chi connectivity index (χ4v) is 4.09. The van der Waals surface area contributed by atoms with E-state index in [1.54, 1.807) is 6.33 Å². The van der Waals surface area contributed by atoms with Crippen LogP contribution in [-0.2, 0) is 0 Å². The van der Waals surface area contributed by atoms with E-state index in [-0.39, 0.29) is 0 Å². The molecule has 2 aliphatic rings. The van der Waals surface area contributed by atoms with E-state index < -0.39 is 0 Å². The summed E-state index contributed by atoms with van der Waals surface area (Å²) in [6.45, 7) is 4.05. The molecule has 0 bridgehead atoms. The quantitative estimate of drug-likeness (QED) is 0.721. The first-order chi connectivity index (χ1) is 12.8. The van der Waals surface area contributed by atoms with Crippen LogP contribution in [0.1, 0.15) is 31.4 Å². The van der Waals surface area contributed by atoms with E-state index in [4.69, 9.17) is 0 Å². The first kappa shape index (κ1) is 15.5. The third-order valence-corrected chi connectivity index (χ3v) is 5.42. The number of rotatable bonds is 4. The van der Waals surface area contributed by atoms with Gasteiger partial charge in [0.25, 0.3) is 0 Å². The molecule has 5 rings (SSSR count). The van der Waals surface area contributed by atoms with Crippen molar-refractivity contribution < 1.29 is 0 Å². The van der Waals surface area contributed by atoms with Gasteiger partial charge in [0.1, 0.15) is 17.7 Å². The van der Waals surface area contributed by atoms with Crippen molar-refractivity contribution in [3.63, 3.8) is 0 Å². The molecule has 134 valence electrons. The summed E-state index contributed by atoms with van der Waals surface area (Å²) in [7, 11) is 0. The summed E-state index contributed by atoms with van der Waals surface area (Å²) in [5.74, 6) is 2.12. The number of nitrogens with zero attached hydrogens (tertiary/aromatic N) is 7. The number of piperidine rings is 1. The largest absolute Gasteiger partial charge is 0.355 e. The second-order valence-electron chi connectivity index (χ2n) is 7.29. The molecule has 3 aromatic rings. The van der Waals surface area contributed by atoms with Crippen molar-refractivity contribution in [1.29, 1.82) is 0 Å². The standard InChI is InChI=1S/C19H23N7/c1-14-12-17-19(21-8-11-25(17)23-14)24-9-5-16(6-10-24)26(15-2-3-15)18-4-7-20-13-22-18/h4,7-8,11-13,15-16H,2-3,5-6,9-10H2,1H3. The Morgan fingerprint density at radius 3 is 2.58 bits per heavy atom. The van der Waals surface area contributed by atoms with E-state index in [9.17, 15) is 0 Å². The molecule has 7 nitrogen and oxygen atoms in total. The molecule has 0 aromatic carbocycles. The maximum Gasteiger partial charge on any atom is 0.154 e. The smallest absolute Gasteiger partial charge is 0.154 e. The van der Waals surface area contributed by atoms with Gasteiger partial charge in [0.05, 0.1) is 5.69 Å². The Bertz CT molecular complexity index is 895. The molecule has 0 unspecified atom stereocenters. The van der Waals surface area contributed by atoms with Gasteiger partial charge in [-0.3, -0.25) is 0 Å². The molecule has 0 atom stereocenters. The molecule has 2 fully saturated rings. The van der Waals surface area contributed by atoms with Gasteiger partial charge in [-0.1, -0.05) is 0 Å². The normalized spacial score (nSPS) is 18.4. The highest BCUT2D eigenvalue weighted by Crippen LogP contribution is 2.35. The van der Waals surface area contributed by atoms with Crippen molar-refractivity contribution in [1.82, 2.24) is 24.6 Å². The highest BCUT2D eigenvalue weighted by atomic mass is 15.3. The fraction of sp³-hybridized carbons (Fsp3) is 0.474. The molecule has 4 heterocycles. The van der Waals surface area contributed by atoms with Crippen LogP contribution in [0.4, 0.5) is 11.6 Å². The van der Waals surface area contributed by atoms with Gasteiger partial charge >= 0.3 is 0 Å². The van der Waals surface area contributed by atoms with Gasteiger partial charge in [0.15, 0.2) is 5.82 Å². The molecule has 1 aliphatic carbocycles. The summed E-state index contributed by atoms with van der Waals surface area (Å²) in [5, 5.41) is 4.51. The summed E-state index contributed by atoms with van der Waals surface area (Å²) in [5.41, 5.74) is 2.12. The van der Waals surface area contributed by atoms with Gasteiger partial charge in [-0.05, 0) is 44.7 Å². The minimum absolute atomic E-state index is 0.542.